The molecule has 3 N–H and O–H groups in total. The van der Waals surface area contributed by atoms with Crippen molar-refractivity contribution in [1.82, 2.24) is 5.32 Å². The zero-order chi connectivity index (χ0) is 25.2. The van der Waals surface area contributed by atoms with Gasteiger partial charge in [0.05, 0.1) is 11.3 Å². The van der Waals surface area contributed by atoms with Gasteiger partial charge in [-0.25, -0.2) is 9.59 Å². The van der Waals surface area contributed by atoms with Crippen LogP contribution in [0.4, 0.5) is 10.5 Å². The van der Waals surface area contributed by atoms with Crippen LogP contribution in [0.15, 0.2) is 66.7 Å². The van der Waals surface area contributed by atoms with Gasteiger partial charge in [0.2, 0.25) is 5.91 Å². The molecule has 2 amide bonds. The van der Waals surface area contributed by atoms with Crippen molar-refractivity contribution in [3.05, 3.63) is 87.0 Å². The molecule has 0 atom stereocenters. The second kappa shape index (κ2) is 10.1. The maximum atomic E-state index is 12.6. The van der Waals surface area contributed by atoms with Crippen LogP contribution in [0.5, 0.6) is 0 Å². The van der Waals surface area contributed by atoms with Crippen molar-refractivity contribution in [3.63, 3.8) is 0 Å². The predicted octanol–water partition coefficient (Wildman–Crippen LogP) is 5.64. The highest BCUT2D eigenvalue weighted by Gasteiger charge is 2.30. The molecular weight excluding hydrogens is 559 g/mol. The largest absolute Gasteiger partial charge is 0.478 e. The van der Waals surface area contributed by atoms with E-state index in [9.17, 15) is 19.5 Å². The fraction of sp³-hybridized carbons (Fsp3) is 0.222. The number of rotatable bonds is 7. The van der Waals surface area contributed by atoms with Crippen molar-refractivity contribution in [2.75, 3.05) is 11.9 Å². The minimum Gasteiger partial charge on any atom is -0.478 e. The molecule has 7 nitrogen and oxygen atoms in total. The van der Waals surface area contributed by atoms with Gasteiger partial charge in [0.15, 0.2) is 0 Å². The number of carbonyl (C=O) groups excluding carboxylic acids is 2. The SMILES string of the molecule is CC(C)(CC(=O)Nc1ccc(I)cc1C(=O)O)NC(=O)OCC1c2ccccc2-c2ccccc21. The molecule has 0 saturated carbocycles. The maximum Gasteiger partial charge on any atom is 0.407 e. The summed E-state index contributed by atoms with van der Waals surface area (Å²) in [6.07, 6.45) is -0.687. The summed E-state index contributed by atoms with van der Waals surface area (Å²) >= 11 is 2.01. The van der Waals surface area contributed by atoms with Gasteiger partial charge in [-0.3, -0.25) is 4.79 Å². The lowest BCUT2D eigenvalue weighted by Gasteiger charge is -2.26. The quantitative estimate of drug-likeness (QED) is 0.312. The van der Waals surface area contributed by atoms with Crippen LogP contribution in [0.3, 0.4) is 0 Å². The first kappa shape index (κ1) is 24.7. The molecule has 0 radical (unpaired) electrons. The number of fused-ring (bicyclic) bond motifs is 3. The monoisotopic (exact) mass is 584 g/mol. The molecule has 0 saturated heterocycles. The van der Waals surface area contributed by atoms with E-state index in [1.165, 1.54) is 6.07 Å². The van der Waals surface area contributed by atoms with Gasteiger partial charge in [-0.2, -0.15) is 0 Å². The van der Waals surface area contributed by atoms with E-state index < -0.39 is 23.5 Å². The first-order valence-corrected chi connectivity index (χ1v) is 12.2. The molecule has 0 unspecified atom stereocenters. The number of hydrogen-bond donors (Lipinski definition) is 3. The smallest absolute Gasteiger partial charge is 0.407 e. The Hall–Kier alpha value is -3.40. The van der Waals surface area contributed by atoms with Crippen LogP contribution in [0.2, 0.25) is 0 Å². The Morgan fingerprint density at radius 1 is 0.971 bits per heavy atom. The maximum absolute atomic E-state index is 12.6. The van der Waals surface area contributed by atoms with Crippen LogP contribution in [0.25, 0.3) is 11.1 Å². The Bertz CT molecular complexity index is 1260. The number of hydrogen-bond acceptors (Lipinski definition) is 4. The van der Waals surface area contributed by atoms with E-state index in [4.69, 9.17) is 4.74 Å². The molecule has 8 heteroatoms. The molecule has 180 valence electrons. The number of anilines is 1. The molecule has 0 spiro atoms. The second-order valence-corrected chi connectivity index (χ2v) is 10.3. The number of alkyl carbamates (subject to hydrolysis) is 1. The third kappa shape index (κ3) is 5.64. The van der Waals surface area contributed by atoms with Gasteiger partial charge < -0.3 is 20.5 Å². The van der Waals surface area contributed by atoms with E-state index in [1.54, 1.807) is 26.0 Å². The van der Waals surface area contributed by atoms with Crippen molar-refractivity contribution in [2.45, 2.75) is 31.7 Å². The number of carboxylic acids is 1. The lowest BCUT2D eigenvalue weighted by Crippen LogP contribution is -2.46. The van der Waals surface area contributed by atoms with Gasteiger partial charge >= 0.3 is 12.1 Å². The van der Waals surface area contributed by atoms with Crippen molar-refractivity contribution >= 4 is 46.2 Å². The third-order valence-electron chi connectivity index (χ3n) is 5.87. The molecule has 3 aromatic rings. The molecule has 35 heavy (non-hydrogen) atoms. The summed E-state index contributed by atoms with van der Waals surface area (Å²) in [5, 5.41) is 14.8. The van der Waals surface area contributed by atoms with Crippen LogP contribution in [0, 0.1) is 3.57 Å². The van der Waals surface area contributed by atoms with Gasteiger partial charge in [0.25, 0.3) is 0 Å². The van der Waals surface area contributed by atoms with Crippen molar-refractivity contribution in [2.24, 2.45) is 0 Å². The molecule has 0 fully saturated rings. The Labute approximate surface area is 217 Å². The molecule has 0 bridgehead atoms. The summed E-state index contributed by atoms with van der Waals surface area (Å²) in [6, 6.07) is 20.9. The average Bonchev–Trinajstić information content (AvgIpc) is 3.12. The zero-order valence-electron chi connectivity index (χ0n) is 19.3. The second-order valence-electron chi connectivity index (χ2n) is 9.05. The summed E-state index contributed by atoms with van der Waals surface area (Å²) in [5.74, 6) is -1.61. The molecule has 1 aliphatic carbocycles. The first-order chi connectivity index (χ1) is 16.6. The van der Waals surface area contributed by atoms with Gasteiger partial charge in [-0.05, 0) is 76.9 Å². The summed E-state index contributed by atoms with van der Waals surface area (Å²) in [7, 11) is 0. The molecular formula is C27H25IN2O5. The van der Waals surface area contributed by atoms with Crippen LogP contribution in [-0.2, 0) is 9.53 Å². The molecule has 1 aliphatic rings. The minimum absolute atomic E-state index is 0.00699. The number of aromatic carboxylic acids is 1. The summed E-state index contributed by atoms with van der Waals surface area (Å²) < 4.78 is 6.32. The topological polar surface area (TPSA) is 105 Å². The Balaban J connectivity index is 1.36. The third-order valence-corrected chi connectivity index (χ3v) is 6.54. The van der Waals surface area contributed by atoms with Gasteiger partial charge in [0, 0.05) is 21.4 Å². The van der Waals surface area contributed by atoms with Crippen LogP contribution in [0.1, 0.15) is 47.7 Å². The zero-order valence-corrected chi connectivity index (χ0v) is 21.5. The summed E-state index contributed by atoms with van der Waals surface area (Å²) in [4.78, 5) is 36.7. The molecule has 0 aromatic heterocycles. The van der Waals surface area contributed by atoms with Gasteiger partial charge in [-0.15, -0.1) is 0 Å². The predicted molar refractivity (Wildman–Crippen MR) is 142 cm³/mol. The minimum atomic E-state index is -1.13. The average molecular weight is 584 g/mol. The highest BCUT2D eigenvalue weighted by molar-refractivity contribution is 14.1. The normalized spacial score (nSPS) is 12.4. The number of benzene rings is 3. The first-order valence-electron chi connectivity index (χ1n) is 11.1. The molecule has 0 aliphatic heterocycles. The van der Waals surface area contributed by atoms with Gasteiger partial charge in [-0.1, -0.05) is 48.5 Å². The Morgan fingerprint density at radius 3 is 2.17 bits per heavy atom. The Morgan fingerprint density at radius 2 is 1.57 bits per heavy atom. The number of ether oxygens (including phenoxy) is 1. The molecule has 0 heterocycles. The summed E-state index contributed by atoms with van der Waals surface area (Å²) in [6.45, 7) is 3.59. The van der Waals surface area contributed by atoms with E-state index in [0.717, 1.165) is 25.8 Å². The van der Waals surface area contributed by atoms with Crippen molar-refractivity contribution in [3.8, 4) is 11.1 Å². The van der Waals surface area contributed by atoms with E-state index in [1.807, 2.05) is 59.0 Å². The lowest BCUT2D eigenvalue weighted by molar-refractivity contribution is -0.117. The van der Waals surface area contributed by atoms with E-state index >= 15 is 0 Å². The fourth-order valence-electron chi connectivity index (χ4n) is 4.35. The van der Waals surface area contributed by atoms with Crippen LogP contribution >= 0.6 is 22.6 Å². The standard InChI is InChI=1S/C27H25IN2O5/c1-27(2,14-24(31)29-23-12-11-16(28)13-21(23)25(32)33)30-26(34)35-15-22-19-9-5-3-7-17(19)18-8-4-6-10-20(18)22/h3-13,22H,14-15H2,1-2H3,(H,29,31)(H,30,34)(H,32,33). The molecule has 4 rings (SSSR count). The number of halogens is 1. The number of carbonyl (C=O) groups is 3. The van der Waals surface area contributed by atoms with Crippen molar-refractivity contribution < 1.29 is 24.2 Å². The number of nitrogens with one attached hydrogen (secondary N) is 2. The Kier molecular flexibility index (Phi) is 7.11. The number of amides is 2. The van der Waals surface area contributed by atoms with Crippen LogP contribution < -0.4 is 10.6 Å². The lowest BCUT2D eigenvalue weighted by atomic mass is 9.98. The van der Waals surface area contributed by atoms with Crippen LogP contribution in [-0.4, -0.2) is 35.2 Å². The summed E-state index contributed by atoms with van der Waals surface area (Å²) in [5.41, 5.74) is 3.82. The van der Waals surface area contributed by atoms with Crippen molar-refractivity contribution in [1.29, 1.82) is 0 Å². The van der Waals surface area contributed by atoms with E-state index in [-0.39, 0.29) is 30.2 Å². The number of carboxylic acid groups (broad SMARTS) is 1. The fourth-order valence-corrected chi connectivity index (χ4v) is 4.84. The highest BCUT2D eigenvalue weighted by atomic mass is 127. The van der Waals surface area contributed by atoms with E-state index in [0.29, 0.717) is 0 Å². The highest BCUT2D eigenvalue weighted by Crippen LogP contribution is 2.44. The van der Waals surface area contributed by atoms with Gasteiger partial charge in [0.1, 0.15) is 6.61 Å². The van der Waals surface area contributed by atoms with E-state index in [2.05, 4.69) is 22.8 Å². The molecule has 3 aromatic carbocycles.